The van der Waals surface area contributed by atoms with E-state index in [1.807, 2.05) is 41.1 Å². The molecule has 5 heteroatoms. The second-order valence-electron chi connectivity index (χ2n) is 5.43. The maximum absolute atomic E-state index is 6.18. The van der Waals surface area contributed by atoms with Crippen molar-refractivity contribution in [1.29, 1.82) is 0 Å². The third-order valence-corrected chi connectivity index (χ3v) is 5.06. The minimum Gasteiger partial charge on any atom is -0.357 e. The van der Waals surface area contributed by atoms with Gasteiger partial charge in [0.1, 0.15) is 17.0 Å². The number of aromatic nitrogens is 3. The first kappa shape index (κ1) is 13.4. The lowest BCUT2D eigenvalue weighted by Gasteiger charge is -2.34. The van der Waals surface area contributed by atoms with Crippen molar-refractivity contribution >= 4 is 17.0 Å². The average Bonchev–Trinajstić information content (AvgIpc) is 3.22. The van der Waals surface area contributed by atoms with E-state index in [4.69, 9.17) is 4.74 Å². The maximum atomic E-state index is 6.18. The number of rotatable bonds is 2. The second-order valence-corrected chi connectivity index (χ2v) is 6.38. The van der Waals surface area contributed by atoms with Gasteiger partial charge in [-0.3, -0.25) is 0 Å². The van der Waals surface area contributed by atoms with Crippen molar-refractivity contribution in [2.24, 2.45) is 0 Å². The normalized spacial score (nSPS) is 20.9. The third-order valence-electron chi connectivity index (χ3n) is 3.99. The van der Waals surface area contributed by atoms with E-state index in [9.17, 15) is 0 Å². The molecular weight excluding hydrogens is 294 g/mol. The molecule has 3 heterocycles. The molecule has 0 N–H and O–H groups in total. The molecule has 1 aliphatic rings. The van der Waals surface area contributed by atoms with Crippen LogP contribution in [0.4, 0.5) is 0 Å². The number of ether oxygens (including phenoxy) is 1. The van der Waals surface area contributed by atoms with Crippen LogP contribution in [0.1, 0.15) is 17.5 Å². The number of hydrogen-bond donors (Lipinski definition) is 0. The Bertz CT molecular complexity index is 823. The topological polar surface area (TPSA) is 39.9 Å². The molecule has 1 aromatic carbocycles. The molecular formula is C17H15N3OS. The van der Waals surface area contributed by atoms with E-state index >= 15 is 0 Å². The minimum absolute atomic E-state index is 0.443. The number of nitrogens with zero attached hydrogens (tertiary/aromatic N) is 3. The fourth-order valence-corrected chi connectivity index (χ4v) is 3.66. The molecule has 0 amide bonds. The Morgan fingerprint density at radius 1 is 1.23 bits per heavy atom. The van der Waals surface area contributed by atoms with Crippen molar-refractivity contribution in [3.63, 3.8) is 0 Å². The molecule has 0 aliphatic carbocycles. The van der Waals surface area contributed by atoms with Crippen LogP contribution < -0.4 is 0 Å². The highest BCUT2D eigenvalue weighted by molar-refractivity contribution is 7.10. The van der Waals surface area contributed by atoms with Gasteiger partial charge in [0, 0.05) is 10.4 Å². The van der Waals surface area contributed by atoms with E-state index in [1.165, 1.54) is 0 Å². The van der Waals surface area contributed by atoms with Crippen LogP contribution in [0.3, 0.4) is 0 Å². The number of benzene rings is 1. The summed E-state index contributed by atoms with van der Waals surface area (Å²) in [4.78, 5) is 1.14. The van der Waals surface area contributed by atoms with E-state index in [1.54, 1.807) is 11.3 Å². The predicted molar refractivity (Wildman–Crippen MR) is 87.5 cm³/mol. The van der Waals surface area contributed by atoms with E-state index in [0.29, 0.717) is 6.61 Å². The Kier molecular flexibility index (Phi) is 2.99. The lowest BCUT2D eigenvalue weighted by Crippen LogP contribution is -2.35. The van der Waals surface area contributed by atoms with Crippen molar-refractivity contribution < 1.29 is 4.74 Å². The van der Waals surface area contributed by atoms with Gasteiger partial charge < -0.3 is 4.74 Å². The highest BCUT2D eigenvalue weighted by atomic mass is 32.1. The van der Waals surface area contributed by atoms with Crippen molar-refractivity contribution in [2.75, 3.05) is 6.61 Å². The van der Waals surface area contributed by atoms with Gasteiger partial charge in [-0.05, 0) is 18.4 Å². The third kappa shape index (κ3) is 1.86. The molecule has 0 radical (unpaired) electrons. The van der Waals surface area contributed by atoms with Crippen LogP contribution in [0, 0.1) is 0 Å². The Morgan fingerprint density at radius 2 is 2.05 bits per heavy atom. The molecule has 0 spiro atoms. The van der Waals surface area contributed by atoms with Gasteiger partial charge in [-0.15, -0.1) is 16.4 Å². The number of hydrogen-bond acceptors (Lipinski definition) is 4. The van der Waals surface area contributed by atoms with Crippen LogP contribution >= 0.6 is 11.3 Å². The Labute approximate surface area is 132 Å². The summed E-state index contributed by atoms with van der Waals surface area (Å²) in [6.45, 7) is 6.57. The smallest absolute Gasteiger partial charge is 0.144 e. The summed E-state index contributed by atoms with van der Waals surface area (Å²) >= 11 is 1.68. The predicted octanol–water partition coefficient (Wildman–Crippen LogP) is 3.77. The van der Waals surface area contributed by atoms with Crippen LogP contribution in [-0.2, 0) is 10.3 Å². The van der Waals surface area contributed by atoms with E-state index in [2.05, 4.69) is 35.3 Å². The van der Waals surface area contributed by atoms with Gasteiger partial charge >= 0.3 is 0 Å². The molecule has 4 rings (SSSR count). The summed E-state index contributed by atoms with van der Waals surface area (Å²) in [6.07, 6.45) is 0. The van der Waals surface area contributed by atoms with E-state index in [0.717, 1.165) is 27.5 Å². The van der Waals surface area contributed by atoms with Crippen LogP contribution in [0.15, 0.2) is 54.4 Å². The zero-order chi connectivity index (χ0) is 15.2. The fourth-order valence-electron chi connectivity index (χ4n) is 2.82. The van der Waals surface area contributed by atoms with Gasteiger partial charge in [0.15, 0.2) is 0 Å². The molecule has 22 heavy (non-hydrogen) atoms. The molecule has 2 aromatic heterocycles. The van der Waals surface area contributed by atoms with Crippen molar-refractivity contribution in [2.45, 2.75) is 12.5 Å². The van der Waals surface area contributed by atoms with E-state index < -0.39 is 5.60 Å². The van der Waals surface area contributed by atoms with Crippen LogP contribution in [0.25, 0.3) is 17.0 Å². The van der Waals surface area contributed by atoms with Crippen molar-refractivity contribution in [3.05, 3.63) is 65.0 Å². The SMILES string of the molecule is C=C1COC(C)(c2cccs2)c2c(-c3ccccc3)nnn21. The van der Waals surface area contributed by atoms with Crippen molar-refractivity contribution in [3.8, 4) is 11.3 Å². The lowest BCUT2D eigenvalue weighted by molar-refractivity contribution is 0.00178. The molecule has 110 valence electrons. The van der Waals surface area contributed by atoms with Gasteiger partial charge in [0.25, 0.3) is 0 Å². The standard InChI is InChI=1S/C17H15N3OS/c1-12-11-21-17(2,14-9-6-10-22-14)16-15(18-19-20(12)16)13-7-4-3-5-8-13/h3-10H,1,11H2,2H3. The number of fused-ring (bicyclic) bond motifs is 1. The zero-order valence-corrected chi connectivity index (χ0v) is 13.0. The molecule has 4 nitrogen and oxygen atoms in total. The lowest BCUT2D eigenvalue weighted by atomic mass is 9.93. The molecule has 1 unspecified atom stereocenters. The summed E-state index contributed by atoms with van der Waals surface area (Å²) in [6, 6.07) is 14.2. The zero-order valence-electron chi connectivity index (χ0n) is 12.2. The monoisotopic (exact) mass is 309 g/mol. The molecule has 3 aromatic rings. The van der Waals surface area contributed by atoms with Crippen LogP contribution in [-0.4, -0.2) is 21.6 Å². The van der Waals surface area contributed by atoms with E-state index in [-0.39, 0.29) is 0 Å². The van der Waals surface area contributed by atoms with Gasteiger partial charge in [-0.1, -0.05) is 48.2 Å². The summed E-state index contributed by atoms with van der Waals surface area (Å²) in [5, 5.41) is 10.8. The van der Waals surface area contributed by atoms with Gasteiger partial charge in [0.05, 0.1) is 12.3 Å². The van der Waals surface area contributed by atoms with Gasteiger partial charge in [-0.25, -0.2) is 4.68 Å². The Hall–Kier alpha value is -2.24. The molecule has 1 atom stereocenters. The first-order valence-corrected chi connectivity index (χ1v) is 7.96. The fraction of sp³-hybridized carbons (Fsp3) is 0.176. The number of thiophene rings is 1. The molecule has 0 saturated carbocycles. The summed E-state index contributed by atoms with van der Waals surface area (Å²) in [5.74, 6) is 0. The van der Waals surface area contributed by atoms with Gasteiger partial charge in [0.2, 0.25) is 0 Å². The molecule has 0 fully saturated rings. The summed E-state index contributed by atoms with van der Waals surface area (Å²) in [5.41, 5.74) is 3.06. The largest absolute Gasteiger partial charge is 0.357 e. The van der Waals surface area contributed by atoms with Crippen molar-refractivity contribution in [1.82, 2.24) is 15.0 Å². The first-order chi connectivity index (χ1) is 10.7. The average molecular weight is 309 g/mol. The highest BCUT2D eigenvalue weighted by Crippen LogP contribution is 2.43. The summed E-state index contributed by atoms with van der Waals surface area (Å²) in [7, 11) is 0. The van der Waals surface area contributed by atoms with Gasteiger partial charge in [-0.2, -0.15) is 0 Å². The van der Waals surface area contributed by atoms with Crippen LogP contribution in [0.5, 0.6) is 0 Å². The Morgan fingerprint density at radius 3 is 2.77 bits per heavy atom. The molecule has 1 aliphatic heterocycles. The Balaban J connectivity index is 1.98. The first-order valence-electron chi connectivity index (χ1n) is 7.08. The molecule has 0 bridgehead atoms. The quantitative estimate of drug-likeness (QED) is 0.723. The summed E-state index contributed by atoms with van der Waals surface area (Å²) < 4.78 is 8.00. The second kappa shape index (κ2) is 4.90. The maximum Gasteiger partial charge on any atom is 0.144 e. The molecule has 0 saturated heterocycles. The highest BCUT2D eigenvalue weighted by Gasteiger charge is 2.42. The minimum atomic E-state index is -0.565. The van der Waals surface area contributed by atoms with Crippen LogP contribution in [0.2, 0.25) is 0 Å².